The van der Waals surface area contributed by atoms with Gasteiger partial charge in [-0.05, 0) is 37.1 Å². The summed E-state index contributed by atoms with van der Waals surface area (Å²) in [5.74, 6) is -3.11. The second kappa shape index (κ2) is 6.21. The van der Waals surface area contributed by atoms with Crippen molar-refractivity contribution in [3.05, 3.63) is 42.0 Å². The molecule has 2 rings (SSSR count). The molecular weight excluding hydrogens is 299 g/mol. The van der Waals surface area contributed by atoms with Crippen molar-refractivity contribution in [1.29, 1.82) is 0 Å². The van der Waals surface area contributed by atoms with Gasteiger partial charge in [0.25, 0.3) is 0 Å². The minimum Gasteiger partial charge on any atom is -0.481 e. The van der Waals surface area contributed by atoms with Crippen molar-refractivity contribution in [1.82, 2.24) is 0 Å². The highest BCUT2D eigenvalue weighted by Crippen LogP contribution is 2.31. The van der Waals surface area contributed by atoms with E-state index in [2.05, 4.69) is 5.32 Å². The number of hydrogen-bond acceptors (Lipinski definition) is 2. The second-order valence-electron chi connectivity index (χ2n) is 5.06. The van der Waals surface area contributed by atoms with Gasteiger partial charge in [0.15, 0.2) is 0 Å². The Bertz CT molecular complexity index is 593. The summed E-state index contributed by atoms with van der Waals surface area (Å²) < 4.78 is 37.4. The van der Waals surface area contributed by atoms with E-state index in [1.807, 2.05) is 0 Å². The van der Waals surface area contributed by atoms with Crippen molar-refractivity contribution >= 4 is 17.6 Å². The molecule has 0 saturated heterocycles. The smallest absolute Gasteiger partial charge is 0.416 e. The summed E-state index contributed by atoms with van der Waals surface area (Å²) in [4.78, 5) is 23.3. The monoisotopic (exact) mass is 313 g/mol. The van der Waals surface area contributed by atoms with Crippen molar-refractivity contribution in [2.24, 2.45) is 11.8 Å². The molecule has 2 unspecified atom stereocenters. The quantitative estimate of drug-likeness (QED) is 0.841. The Morgan fingerprint density at radius 1 is 1.05 bits per heavy atom. The van der Waals surface area contributed by atoms with Crippen LogP contribution in [0, 0.1) is 11.8 Å². The van der Waals surface area contributed by atoms with Gasteiger partial charge in [-0.2, -0.15) is 13.2 Å². The van der Waals surface area contributed by atoms with Gasteiger partial charge >= 0.3 is 12.1 Å². The predicted octanol–water partition coefficient (Wildman–Crippen LogP) is 3.31. The van der Waals surface area contributed by atoms with Crippen LogP contribution in [0.15, 0.2) is 36.4 Å². The van der Waals surface area contributed by atoms with Gasteiger partial charge in [0, 0.05) is 5.69 Å². The third-order valence-electron chi connectivity index (χ3n) is 3.57. The molecule has 0 spiro atoms. The lowest BCUT2D eigenvalue weighted by Gasteiger charge is -2.24. The number of carbonyl (C=O) groups is 2. The van der Waals surface area contributed by atoms with Gasteiger partial charge < -0.3 is 10.4 Å². The molecule has 1 aromatic rings. The standard InChI is InChI=1S/C15H14F3NO3/c16-15(17,18)9-5-7-10(8-6-9)19-13(20)11-3-1-2-4-12(11)14(21)22/h1-2,5-8,11-12H,3-4H2,(H,19,20)(H,21,22). The first kappa shape index (κ1) is 16.1. The number of nitrogens with one attached hydrogen (secondary N) is 1. The predicted molar refractivity (Wildman–Crippen MR) is 73.1 cm³/mol. The molecule has 0 bridgehead atoms. The Labute approximate surface area is 124 Å². The van der Waals surface area contributed by atoms with E-state index in [1.165, 1.54) is 0 Å². The first-order valence-electron chi connectivity index (χ1n) is 6.65. The maximum Gasteiger partial charge on any atom is 0.416 e. The molecule has 2 atom stereocenters. The maximum absolute atomic E-state index is 12.5. The number of carbonyl (C=O) groups excluding carboxylic acids is 1. The highest BCUT2D eigenvalue weighted by molar-refractivity contribution is 5.95. The number of alkyl halides is 3. The lowest BCUT2D eigenvalue weighted by molar-refractivity contribution is -0.146. The molecule has 0 fully saturated rings. The van der Waals surface area contributed by atoms with Crippen molar-refractivity contribution < 1.29 is 27.9 Å². The molecular formula is C15H14F3NO3. The Morgan fingerprint density at radius 3 is 2.09 bits per heavy atom. The van der Waals surface area contributed by atoms with Crippen LogP contribution < -0.4 is 5.32 Å². The van der Waals surface area contributed by atoms with Crippen LogP contribution in [0.1, 0.15) is 18.4 Å². The first-order valence-corrected chi connectivity index (χ1v) is 6.65. The van der Waals surface area contributed by atoms with Crippen LogP contribution >= 0.6 is 0 Å². The Morgan fingerprint density at radius 2 is 1.59 bits per heavy atom. The zero-order valence-electron chi connectivity index (χ0n) is 11.4. The van der Waals surface area contributed by atoms with Gasteiger partial charge in [-0.15, -0.1) is 0 Å². The van der Waals surface area contributed by atoms with Crippen LogP contribution in [0.4, 0.5) is 18.9 Å². The number of rotatable bonds is 3. The van der Waals surface area contributed by atoms with Crippen LogP contribution in [-0.2, 0) is 15.8 Å². The van der Waals surface area contributed by atoms with E-state index in [0.717, 1.165) is 24.3 Å². The second-order valence-corrected chi connectivity index (χ2v) is 5.06. The van der Waals surface area contributed by atoms with Gasteiger partial charge in [0.1, 0.15) is 0 Å². The third kappa shape index (κ3) is 3.66. The number of carboxylic acid groups (broad SMARTS) is 1. The Balaban J connectivity index is 2.08. The van der Waals surface area contributed by atoms with E-state index in [0.29, 0.717) is 6.42 Å². The van der Waals surface area contributed by atoms with E-state index in [9.17, 15) is 22.8 Å². The molecule has 7 heteroatoms. The zero-order chi connectivity index (χ0) is 16.3. The summed E-state index contributed by atoms with van der Waals surface area (Å²) in [7, 11) is 0. The summed E-state index contributed by atoms with van der Waals surface area (Å²) in [5, 5.41) is 11.6. The largest absolute Gasteiger partial charge is 0.481 e. The molecule has 0 aliphatic heterocycles. The number of aliphatic carboxylic acids is 1. The molecule has 22 heavy (non-hydrogen) atoms. The number of halogens is 3. The summed E-state index contributed by atoms with van der Waals surface area (Å²) in [5.41, 5.74) is -0.605. The lowest BCUT2D eigenvalue weighted by atomic mass is 9.82. The highest BCUT2D eigenvalue weighted by Gasteiger charge is 2.34. The molecule has 0 saturated carbocycles. The number of anilines is 1. The summed E-state index contributed by atoms with van der Waals surface area (Å²) in [6.07, 6.45) is -0.438. The van der Waals surface area contributed by atoms with Gasteiger partial charge in [0.2, 0.25) is 5.91 Å². The summed E-state index contributed by atoms with van der Waals surface area (Å²) in [6, 6.07) is 4.03. The Kier molecular flexibility index (Phi) is 4.54. The van der Waals surface area contributed by atoms with Crippen molar-refractivity contribution in [3.8, 4) is 0 Å². The SMILES string of the molecule is O=C(O)C1CC=CCC1C(=O)Nc1ccc(C(F)(F)F)cc1. The normalized spacial score (nSPS) is 21.4. The lowest BCUT2D eigenvalue weighted by Crippen LogP contribution is -2.34. The maximum atomic E-state index is 12.5. The fraction of sp³-hybridized carbons (Fsp3) is 0.333. The molecule has 1 aliphatic carbocycles. The third-order valence-corrected chi connectivity index (χ3v) is 3.57. The number of carboxylic acids is 1. The first-order chi connectivity index (χ1) is 10.3. The van der Waals surface area contributed by atoms with Crippen LogP contribution in [0.3, 0.4) is 0 Å². The van der Waals surface area contributed by atoms with Crippen LogP contribution in [0.5, 0.6) is 0 Å². The fourth-order valence-corrected chi connectivity index (χ4v) is 2.35. The number of amides is 1. The van der Waals surface area contributed by atoms with E-state index in [4.69, 9.17) is 5.11 Å². The number of benzene rings is 1. The number of allylic oxidation sites excluding steroid dienone is 2. The van der Waals surface area contributed by atoms with Crippen LogP contribution in [0.2, 0.25) is 0 Å². The van der Waals surface area contributed by atoms with Gasteiger partial charge in [-0.3, -0.25) is 9.59 Å². The van der Waals surface area contributed by atoms with Crippen molar-refractivity contribution in [2.45, 2.75) is 19.0 Å². The molecule has 1 aromatic carbocycles. The molecule has 118 valence electrons. The van der Waals surface area contributed by atoms with Crippen LogP contribution in [-0.4, -0.2) is 17.0 Å². The molecule has 0 heterocycles. The Hall–Kier alpha value is -2.31. The van der Waals surface area contributed by atoms with Gasteiger partial charge in [-0.1, -0.05) is 12.2 Å². The van der Waals surface area contributed by atoms with Gasteiger partial charge in [-0.25, -0.2) is 0 Å². The van der Waals surface area contributed by atoms with Crippen LogP contribution in [0.25, 0.3) is 0 Å². The van der Waals surface area contributed by atoms with Crippen molar-refractivity contribution in [3.63, 3.8) is 0 Å². The molecule has 2 N–H and O–H groups in total. The summed E-state index contributed by atoms with van der Waals surface area (Å²) >= 11 is 0. The van der Waals surface area contributed by atoms with E-state index < -0.39 is 35.5 Å². The topological polar surface area (TPSA) is 66.4 Å². The minimum atomic E-state index is -4.44. The average Bonchev–Trinajstić information content (AvgIpc) is 2.46. The van der Waals surface area contributed by atoms with E-state index in [1.54, 1.807) is 12.2 Å². The molecule has 0 aromatic heterocycles. The minimum absolute atomic E-state index is 0.205. The summed E-state index contributed by atoms with van der Waals surface area (Å²) in [6.45, 7) is 0. The fourth-order valence-electron chi connectivity index (χ4n) is 2.35. The number of hydrogen-bond donors (Lipinski definition) is 2. The van der Waals surface area contributed by atoms with E-state index in [-0.39, 0.29) is 12.1 Å². The average molecular weight is 313 g/mol. The molecule has 4 nitrogen and oxygen atoms in total. The zero-order valence-corrected chi connectivity index (χ0v) is 11.4. The van der Waals surface area contributed by atoms with Gasteiger partial charge in [0.05, 0.1) is 17.4 Å². The van der Waals surface area contributed by atoms with E-state index >= 15 is 0 Å². The highest BCUT2D eigenvalue weighted by atomic mass is 19.4. The molecule has 0 radical (unpaired) electrons. The molecule has 1 aliphatic rings. The molecule has 1 amide bonds. The van der Waals surface area contributed by atoms with Crippen molar-refractivity contribution in [2.75, 3.05) is 5.32 Å².